The van der Waals surface area contributed by atoms with Crippen molar-refractivity contribution in [1.82, 2.24) is 4.90 Å². The Kier molecular flexibility index (Phi) is 5.14. The van der Waals surface area contributed by atoms with Crippen LogP contribution in [-0.2, 0) is 4.79 Å². The van der Waals surface area contributed by atoms with Gasteiger partial charge in [0, 0.05) is 11.7 Å². The second-order valence-electron chi connectivity index (χ2n) is 5.24. The molecule has 1 aliphatic carbocycles. The standard InChI is InChI=1S/C16H21N3O/c1-2-19(15-8-3-4-9-15)12-16(20)18-14-7-5-6-13(10-14)11-17/h5-7,10,15H,2-4,8-9,12H2,1H3,(H,18,20). The van der Waals surface area contributed by atoms with Crippen LogP contribution in [-0.4, -0.2) is 29.9 Å². The Bertz CT molecular complexity index is 501. The average molecular weight is 271 g/mol. The van der Waals surface area contributed by atoms with Crippen molar-refractivity contribution < 1.29 is 4.79 Å². The minimum absolute atomic E-state index is 0.00570. The van der Waals surface area contributed by atoms with Gasteiger partial charge in [-0.2, -0.15) is 5.26 Å². The van der Waals surface area contributed by atoms with Crippen LogP contribution in [0.2, 0.25) is 0 Å². The van der Waals surface area contributed by atoms with Gasteiger partial charge in [0.05, 0.1) is 18.2 Å². The van der Waals surface area contributed by atoms with Crippen LogP contribution >= 0.6 is 0 Å². The molecule has 0 unspecified atom stereocenters. The highest BCUT2D eigenvalue weighted by Gasteiger charge is 2.22. The summed E-state index contributed by atoms with van der Waals surface area (Å²) < 4.78 is 0. The van der Waals surface area contributed by atoms with E-state index in [1.54, 1.807) is 18.2 Å². The number of likely N-dealkylation sites (N-methyl/N-ethyl adjacent to an activating group) is 1. The van der Waals surface area contributed by atoms with Gasteiger partial charge < -0.3 is 5.32 Å². The van der Waals surface area contributed by atoms with Crippen LogP contribution in [0.15, 0.2) is 24.3 Å². The number of hydrogen-bond donors (Lipinski definition) is 1. The van der Waals surface area contributed by atoms with E-state index < -0.39 is 0 Å². The summed E-state index contributed by atoms with van der Waals surface area (Å²) in [5, 5.41) is 11.7. The van der Waals surface area contributed by atoms with E-state index >= 15 is 0 Å². The quantitative estimate of drug-likeness (QED) is 0.896. The third kappa shape index (κ3) is 3.82. The first-order chi connectivity index (χ1) is 9.72. The monoisotopic (exact) mass is 271 g/mol. The van der Waals surface area contributed by atoms with Crippen molar-refractivity contribution in [3.63, 3.8) is 0 Å². The predicted molar refractivity (Wildman–Crippen MR) is 79.3 cm³/mol. The van der Waals surface area contributed by atoms with Crippen molar-refractivity contribution in [2.45, 2.75) is 38.6 Å². The molecule has 0 heterocycles. The lowest BCUT2D eigenvalue weighted by molar-refractivity contribution is -0.117. The summed E-state index contributed by atoms with van der Waals surface area (Å²) >= 11 is 0. The minimum Gasteiger partial charge on any atom is -0.325 e. The van der Waals surface area contributed by atoms with Crippen molar-refractivity contribution in [2.75, 3.05) is 18.4 Å². The summed E-state index contributed by atoms with van der Waals surface area (Å²) in [5.74, 6) is -0.00570. The molecule has 1 N–H and O–H groups in total. The molecular weight excluding hydrogens is 250 g/mol. The van der Waals surface area contributed by atoms with Gasteiger partial charge in [0.15, 0.2) is 0 Å². The molecule has 0 aliphatic heterocycles. The molecule has 0 saturated heterocycles. The Hall–Kier alpha value is -1.86. The van der Waals surface area contributed by atoms with E-state index in [1.165, 1.54) is 25.7 Å². The summed E-state index contributed by atoms with van der Waals surface area (Å²) in [6.45, 7) is 3.43. The SMILES string of the molecule is CCN(CC(=O)Nc1cccc(C#N)c1)C1CCCC1. The van der Waals surface area contributed by atoms with E-state index in [9.17, 15) is 4.79 Å². The maximum absolute atomic E-state index is 12.1. The van der Waals surface area contributed by atoms with Crippen LogP contribution < -0.4 is 5.32 Å². The molecule has 0 radical (unpaired) electrons. The second kappa shape index (κ2) is 7.06. The Labute approximate surface area is 120 Å². The van der Waals surface area contributed by atoms with Crippen molar-refractivity contribution in [1.29, 1.82) is 5.26 Å². The lowest BCUT2D eigenvalue weighted by atomic mass is 10.2. The van der Waals surface area contributed by atoms with Crippen molar-refractivity contribution in [3.8, 4) is 6.07 Å². The highest BCUT2D eigenvalue weighted by atomic mass is 16.2. The van der Waals surface area contributed by atoms with Crippen LogP contribution in [0.25, 0.3) is 0 Å². The van der Waals surface area contributed by atoms with E-state index in [2.05, 4.69) is 23.2 Å². The van der Waals surface area contributed by atoms with Gasteiger partial charge in [-0.15, -0.1) is 0 Å². The lowest BCUT2D eigenvalue weighted by Crippen LogP contribution is -2.39. The molecule has 1 fully saturated rings. The molecule has 1 aromatic rings. The molecule has 1 aliphatic rings. The largest absolute Gasteiger partial charge is 0.325 e. The van der Waals surface area contributed by atoms with E-state index in [-0.39, 0.29) is 5.91 Å². The van der Waals surface area contributed by atoms with Gasteiger partial charge in [0.25, 0.3) is 0 Å². The summed E-state index contributed by atoms with van der Waals surface area (Å²) in [7, 11) is 0. The molecule has 1 aromatic carbocycles. The number of nitrogens with zero attached hydrogens (tertiary/aromatic N) is 2. The molecule has 20 heavy (non-hydrogen) atoms. The first-order valence-corrected chi connectivity index (χ1v) is 7.27. The number of nitrogens with one attached hydrogen (secondary N) is 1. The van der Waals surface area contributed by atoms with Gasteiger partial charge in [-0.05, 0) is 37.6 Å². The number of benzene rings is 1. The van der Waals surface area contributed by atoms with Crippen LogP contribution in [0.4, 0.5) is 5.69 Å². The number of carbonyl (C=O) groups excluding carboxylic acids is 1. The molecule has 0 spiro atoms. The van der Waals surface area contributed by atoms with Gasteiger partial charge in [0.1, 0.15) is 0 Å². The van der Waals surface area contributed by atoms with Gasteiger partial charge in [-0.1, -0.05) is 25.8 Å². The first-order valence-electron chi connectivity index (χ1n) is 7.27. The number of hydrogen-bond acceptors (Lipinski definition) is 3. The highest BCUT2D eigenvalue weighted by Crippen LogP contribution is 2.23. The molecular formula is C16H21N3O. The van der Waals surface area contributed by atoms with Gasteiger partial charge >= 0.3 is 0 Å². The molecule has 2 rings (SSSR count). The maximum atomic E-state index is 12.1. The zero-order valence-corrected chi connectivity index (χ0v) is 11.9. The fraction of sp³-hybridized carbons (Fsp3) is 0.500. The molecule has 0 bridgehead atoms. The van der Waals surface area contributed by atoms with Gasteiger partial charge in [-0.25, -0.2) is 0 Å². The van der Waals surface area contributed by atoms with E-state index in [0.29, 0.717) is 23.8 Å². The maximum Gasteiger partial charge on any atom is 0.238 e. The molecule has 1 saturated carbocycles. The normalized spacial score (nSPS) is 15.2. The highest BCUT2D eigenvalue weighted by molar-refractivity contribution is 5.92. The molecule has 106 valence electrons. The second-order valence-corrected chi connectivity index (χ2v) is 5.24. The lowest BCUT2D eigenvalue weighted by Gasteiger charge is -2.26. The summed E-state index contributed by atoms with van der Waals surface area (Å²) in [6, 6.07) is 9.65. The number of anilines is 1. The number of nitriles is 1. The first kappa shape index (κ1) is 14.5. The Morgan fingerprint density at radius 3 is 2.85 bits per heavy atom. The molecule has 0 atom stereocenters. The number of carbonyl (C=O) groups is 1. The van der Waals surface area contributed by atoms with Gasteiger partial charge in [0.2, 0.25) is 5.91 Å². The summed E-state index contributed by atoms with van der Waals surface area (Å²) in [6.07, 6.45) is 4.94. The summed E-state index contributed by atoms with van der Waals surface area (Å²) in [5.41, 5.74) is 1.25. The van der Waals surface area contributed by atoms with Crippen LogP contribution in [0.3, 0.4) is 0 Å². The van der Waals surface area contributed by atoms with Crippen LogP contribution in [0, 0.1) is 11.3 Å². The summed E-state index contributed by atoms with van der Waals surface area (Å²) in [4.78, 5) is 14.3. The van der Waals surface area contributed by atoms with Crippen LogP contribution in [0.5, 0.6) is 0 Å². The molecule has 1 amide bonds. The Balaban J connectivity index is 1.92. The Morgan fingerprint density at radius 1 is 1.45 bits per heavy atom. The fourth-order valence-electron chi connectivity index (χ4n) is 2.82. The molecule has 0 aromatic heterocycles. The van der Waals surface area contributed by atoms with Crippen molar-refractivity contribution in [3.05, 3.63) is 29.8 Å². The van der Waals surface area contributed by atoms with Crippen molar-refractivity contribution >= 4 is 11.6 Å². The predicted octanol–water partition coefficient (Wildman–Crippen LogP) is 2.76. The zero-order chi connectivity index (χ0) is 14.4. The molecule has 4 nitrogen and oxygen atoms in total. The zero-order valence-electron chi connectivity index (χ0n) is 11.9. The minimum atomic E-state index is -0.00570. The van der Waals surface area contributed by atoms with E-state index in [4.69, 9.17) is 5.26 Å². The third-order valence-corrected chi connectivity index (χ3v) is 3.87. The molecule has 4 heteroatoms. The van der Waals surface area contributed by atoms with Crippen LogP contribution in [0.1, 0.15) is 38.2 Å². The van der Waals surface area contributed by atoms with Crippen molar-refractivity contribution in [2.24, 2.45) is 0 Å². The number of amides is 1. The van der Waals surface area contributed by atoms with Gasteiger partial charge in [-0.3, -0.25) is 9.69 Å². The average Bonchev–Trinajstić information content (AvgIpc) is 2.99. The van der Waals surface area contributed by atoms with E-state index in [0.717, 1.165) is 6.54 Å². The fourth-order valence-corrected chi connectivity index (χ4v) is 2.82. The Morgan fingerprint density at radius 2 is 2.20 bits per heavy atom. The topological polar surface area (TPSA) is 56.1 Å². The number of rotatable bonds is 5. The van der Waals surface area contributed by atoms with E-state index in [1.807, 2.05) is 6.07 Å². The third-order valence-electron chi connectivity index (χ3n) is 3.87. The smallest absolute Gasteiger partial charge is 0.238 e.